The molecule has 0 aromatic rings. The van der Waals surface area contributed by atoms with E-state index in [4.69, 9.17) is 5.73 Å². The van der Waals surface area contributed by atoms with Gasteiger partial charge in [0.2, 0.25) is 0 Å². The Kier molecular flexibility index (Phi) is 3.50. The van der Waals surface area contributed by atoms with E-state index in [0.717, 1.165) is 32.2 Å². The highest BCUT2D eigenvalue weighted by Crippen LogP contribution is 2.26. The first-order chi connectivity index (χ1) is 5.69. The Hall–Kier alpha value is -0.120. The van der Waals surface area contributed by atoms with Gasteiger partial charge in [0, 0.05) is 12.6 Å². The van der Waals surface area contributed by atoms with Crippen LogP contribution in [0.15, 0.2) is 0 Å². The van der Waals surface area contributed by atoms with Gasteiger partial charge in [-0.2, -0.15) is 0 Å². The minimum atomic E-state index is -0.645. The average molecular weight is 172 g/mol. The van der Waals surface area contributed by atoms with Gasteiger partial charge in [0.25, 0.3) is 0 Å². The van der Waals surface area contributed by atoms with Gasteiger partial charge in [-0.05, 0) is 19.4 Å². The molecule has 72 valence electrons. The quantitative estimate of drug-likeness (QED) is 0.571. The van der Waals surface area contributed by atoms with E-state index < -0.39 is 5.60 Å². The van der Waals surface area contributed by atoms with Crippen molar-refractivity contribution in [2.24, 2.45) is 5.73 Å². The number of rotatable bonds is 3. The van der Waals surface area contributed by atoms with E-state index in [2.05, 4.69) is 5.32 Å². The Labute approximate surface area is 74.3 Å². The molecule has 0 spiro atoms. The van der Waals surface area contributed by atoms with E-state index in [1.165, 1.54) is 0 Å². The van der Waals surface area contributed by atoms with Crippen LogP contribution in [-0.4, -0.2) is 29.8 Å². The molecule has 3 heteroatoms. The second-order valence-electron chi connectivity index (χ2n) is 3.74. The maximum atomic E-state index is 10.1. The fraction of sp³-hybridized carbons (Fsp3) is 1.00. The van der Waals surface area contributed by atoms with Gasteiger partial charge < -0.3 is 16.2 Å². The van der Waals surface area contributed by atoms with Crippen molar-refractivity contribution in [3.8, 4) is 0 Å². The number of aliphatic hydroxyl groups is 1. The maximum absolute atomic E-state index is 10.1. The molecule has 12 heavy (non-hydrogen) atoms. The summed E-state index contributed by atoms with van der Waals surface area (Å²) in [7, 11) is 0. The van der Waals surface area contributed by atoms with Crippen LogP contribution in [0.4, 0.5) is 0 Å². The van der Waals surface area contributed by atoms with Crippen molar-refractivity contribution in [2.75, 3.05) is 13.1 Å². The molecule has 0 aromatic heterocycles. The molecule has 1 aliphatic carbocycles. The number of nitrogens with one attached hydrogen (secondary N) is 1. The van der Waals surface area contributed by atoms with E-state index in [-0.39, 0.29) is 6.04 Å². The molecule has 0 heterocycles. The largest absolute Gasteiger partial charge is 0.387 e. The highest BCUT2D eigenvalue weighted by atomic mass is 16.3. The van der Waals surface area contributed by atoms with E-state index in [0.29, 0.717) is 6.54 Å². The first kappa shape index (κ1) is 9.96. The number of nitrogens with two attached hydrogens (primary N) is 1. The van der Waals surface area contributed by atoms with E-state index in [1.54, 1.807) is 0 Å². The van der Waals surface area contributed by atoms with Crippen molar-refractivity contribution in [3.05, 3.63) is 0 Å². The lowest BCUT2D eigenvalue weighted by Gasteiger charge is -2.37. The van der Waals surface area contributed by atoms with Gasteiger partial charge in [-0.25, -0.2) is 0 Å². The number of likely N-dealkylation sites (N-methyl/N-ethyl adjacent to an activating group) is 1. The van der Waals surface area contributed by atoms with Gasteiger partial charge in [0.15, 0.2) is 0 Å². The zero-order valence-corrected chi connectivity index (χ0v) is 7.84. The fourth-order valence-corrected chi connectivity index (χ4v) is 1.81. The SMILES string of the molecule is CCNCC1(O)CCCCC1N. The molecule has 4 N–H and O–H groups in total. The van der Waals surface area contributed by atoms with Crippen LogP contribution in [0.3, 0.4) is 0 Å². The number of hydrogen-bond acceptors (Lipinski definition) is 3. The zero-order chi connectivity index (χ0) is 9.03. The first-order valence-electron chi connectivity index (χ1n) is 4.88. The molecule has 2 atom stereocenters. The third-order valence-corrected chi connectivity index (χ3v) is 2.75. The lowest BCUT2D eigenvalue weighted by molar-refractivity contribution is -0.0125. The van der Waals surface area contributed by atoms with E-state index >= 15 is 0 Å². The van der Waals surface area contributed by atoms with Gasteiger partial charge in [-0.1, -0.05) is 19.8 Å². The van der Waals surface area contributed by atoms with E-state index in [1.807, 2.05) is 6.92 Å². The van der Waals surface area contributed by atoms with Crippen LogP contribution in [0.25, 0.3) is 0 Å². The summed E-state index contributed by atoms with van der Waals surface area (Å²) in [5.41, 5.74) is 5.22. The highest BCUT2D eigenvalue weighted by molar-refractivity contribution is 4.94. The fourth-order valence-electron chi connectivity index (χ4n) is 1.81. The van der Waals surface area contributed by atoms with Gasteiger partial charge in [-0.15, -0.1) is 0 Å². The lowest BCUT2D eigenvalue weighted by Crippen LogP contribution is -2.55. The van der Waals surface area contributed by atoms with Crippen molar-refractivity contribution in [2.45, 2.75) is 44.2 Å². The third kappa shape index (κ3) is 2.19. The number of hydrogen-bond donors (Lipinski definition) is 3. The van der Waals surface area contributed by atoms with Crippen LogP contribution in [0.1, 0.15) is 32.6 Å². The zero-order valence-electron chi connectivity index (χ0n) is 7.84. The molecule has 0 radical (unpaired) electrons. The molecular weight excluding hydrogens is 152 g/mol. The summed E-state index contributed by atoms with van der Waals surface area (Å²) in [5, 5.41) is 13.2. The summed E-state index contributed by atoms with van der Waals surface area (Å²) in [6.45, 7) is 3.58. The Balaban J connectivity index is 2.42. The first-order valence-corrected chi connectivity index (χ1v) is 4.88. The van der Waals surface area contributed by atoms with Crippen LogP contribution >= 0.6 is 0 Å². The average Bonchev–Trinajstić information content (AvgIpc) is 2.07. The summed E-state index contributed by atoms with van der Waals surface area (Å²) in [4.78, 5) is 0. The van der Waals surface area contributed by atoms with Crippen molar-refractivity contribution >= 4 is 0 Å². The summed E-state index contributed by atoms with van der Waals surface area (Å²) >= 11 is 0. The van der Waals surface area contributed by atoms with Crippen molar-refractivity contribution in [3.63, 3.8) is 0 Å². The summed E-state index contributed by atoms with van der Waals surface area (Å²) < 4.78 is 0. The molecule has 1 aliphatic rings. The molecule has 0 aliphatic heterocycles. The van der Waals surface area contributed by atoms with Crippen LogP contribution in [0.2, 0.25) is 0 Å². The molecular formula is C9H20N2O. The minimum Gasteiger partial charge on any atom is -0.387 e. The van der Waals surface area contributed by atoms with Crippen molar-refractivity contribution < 1.29 is 5.11 Å². The second kappa shape index (κ2) is 4.21. The molecule has 1 rings (SSSR count). The van der Waals surface area contributed by atoms with Gasteiger partial charge >= 0.3 is 0 Å². The normalized spacial score (nSPS) is 36.8. The van der Waals surface area contributed by atoms with Gasteiger partial charge in [0.1, 0.15) is 0 Å². The lowest BCUT2D eigenvalue weighted by atomic mass is 9.81. The van der Waals surface area contributed by atoms with Crippen LogP contribution in [-0.2, 0) is 0 Å². The topological polar surface area (TPSA) is 58.3 Å². The molecule has 1 fully saturated rings. The molecule has 1 saturated carbocycles. The van der Waals surface area contributed by atoms with Crippen LogP contribution < -0.4 is 11.1 Å². The standard InChI is InChI=1S/C9H20N2O/c1-2-11-7-9(12)6-4-3-5-8(9)10/h8,11-12H,2-7,10H2,1H3. The molecule has 0 bridgehead atoms. The predicted molar refractivity (Wildman–Crippen MR) is 49.9 cm³/mol. The highest BCUT2D eigenvalue weighted by Gasteiger charge is 2.35. The van der Waals surface area contributed by atoms with E-state index in [9.17, 15) is 5.11 Å². The van der Waals surface area contributed by atoms with Gasteiger partial charge in [0.05, 0.1) is 5.60 Å². The summed E-state index contributed by atoms with van der Waals surface area (Å²) in [5.74, 6) is 0. The van der Waals surface area contributed by atoms with Gasteiger partial charge in [-0.3, -0.25) is 0 Å². The second-order valence-corrected chi connectivity index (χ2v) is 3.74. The monoisotopic (exact) mass is 172 g/mol. The molecule has 0 aromatic carbocycles. The van der Waals surface area contributed by atoms with Crippen molar-refractivity contribution in [1.82, 2.24) is 5.32 Å². The maximum Gasteiger partial charge on any atom is 0.0921 e. The third-order valence-electron chi connectivity index (χ3n) is 2.75. The molecule has 0 saturated heterocycles. The summed E-state index contributed by atoms with van der Waals surface area (Å²) in [6, 6.07) is -0.0368. The smallest absolute Gasteiger partial charge is 0.0921 e. The Morgan fingerprint density at radius 1 is 1.58 bits per heavy atom. The molecule has 2 unspecified atom stereocenters. The Morgan fingerprint density at radius 3 is 2.92 bits per heavy atom. The Bertz CT molecular complexity index is 140. The summed E-state index contributed by atoms with van der Waals surface area (Å²) in [6.07, 6.45) is 4.08. The minimum absolute atomic E-state index is 0.0368. The van der Waals surface area contributed by atoms with Crippen LogP contribution in [0, 0.1) is 0 Å². The molecule has 3 nitrogen and oxygen atoms in total. The molecule has 0 amide bonds. The van der Waals surface area contributed by atoms with Crippen LogP contribution in [0.5, 0.6) is 0 Å². The van der Waals surface area contributed by atoms with Crippen molar-refractivity contribution in [1.29, 1.82) is 0 Å². The predicted octanol–water partition coefficient (Wildman–Crippen LogP) is 0.228. The Morgan fingerprint density at radius 2 is 2.33 bits per heavy atom.